The Morgan fingerprint density at radius 1 is 0.833 bits per heavy atom. The van der Waals surface area contributed by atoms with E-state index in [1.54, 1.807) is 24.8 Å². The molecule has 0 unspecified atom stereocenters. The number of aromatic nitrogens is 2. The lowest BCUT2D eigenvalue weighted by Crippen LogP contribution is -2.33. The first-order valence-electron chi connectivity index (χ1n) is 8.12. The summed E-state index contributed by atoms with van der Waals surface area (Å²) in [5.74, 6) is 0. The number of nitrogens with zero attached hydrogens (tertiary/aromatic N) is 5. The van der Waals surface area contributed by atoms with Gasteiger partial charge in [0.05, 0.1) is 24.5 Å². The van der Waals surface area contributed by atoms with E-state index in [1.807, 2.05) is 36.4 Å². The molecule has 0 saturated carbocycles. The highest BCUT2D eigenvalue weighted by Gasteiger charge is 2.02. The van der Waals surface area contributed by atoms with E-state index in [4.69, 9.17) is 5.73 Å². The Bertz CT molecular complexity index is 558. The second-order valence-electron chi connectivity index (χ2n) is 5.21. The summed E-state index contributed by atoms with van der Waals surface area (Å²) in [6, 6.07) is 11.6. The van der Waals surface area contributed by atoms with Gasteiger partial charge in [0.1, 0.15) is 0 Å². The third-order valence-corrected chi connectivity index (χ3v) is 3.36. The van der Waals surface area contributed by atoms with Crippen molar-refractivity contribution in [2.75, 3.05) is 39.3 Å². The first-order chi connectivity index (χ1) is 11.9. The molecular weight excluding hydrogens is 300 g/mol. The molecule has 0 saturated heterocycles. The van der Waals surface area contributed by atoms with Crippen molar-refractivity contribution in [3.63, 3.8) is 0 Å². The Hall–Kier alpha value is -2.44. The van der Waals surface area contributed by atoms with Gasteiger partial charge in [-0.05, 0) is 24.3 Å². The molecule has 126 valence electrons. The van der Waals surface area contributed by atoms with Gasteiger partial charge >= 0.3 is 0 Å². The smallest absolute Gasteiger partial charge is 0.0807 e. The van der Waals surface area contributed by atoms with E-state index < -0.39 is 0 Å². The van der Waals surface area contributed by atoms with Gasteiger partial charge in [0.25, 0.3) is 0 Å². The first kappa shape index (κ1) is 17.9. The SMILES string of the molecule is NCCN(CCN=Cc1ccccn1)CCN=Cc1ccccn1. The van der Waals surface area contributed by atoms with Crippen LogP contribution >= 0.6 is 0 Å². The standard InChI is InChI=1S/C18H24N6/c19-7-12-24(13-10-20-15-17-5-1-3-8-22-17)14-11-21-16-18-6-2-4-9-23-18/h1-6,8-9,15-16H,7,10-14,19H2. The molecule has 0 spiro atoms. The van der Waals surface area contributed by atoms with Crippen molar-refractivity contribution in [2.24, 2.45) is 15.7 Å². The minimum atomic E-state index is 0.633. The van der Waals surface area contributed by atoms with Crippen molar-refractivity contribution in [2.45, 2.75) is 0 Å². The van der Waals surface area contributed by atoms with Crippen LogP contribution in [-0.4, -0.2) is 66.6 Å². The lowest BCUT2D eigenvalue weighted by Gasteiger charge is -2.19. The Morgan fingerprint density at radius 3 is 1.79 bits per heavy atom. The predicted molar refractivity (Wildman–Crippen MR) is 98.9 cm³/mol. The fourth-order valence-corrected chi connectivity index (χ4v) is 2.14. The van der Waals surface area contributed by atoms with Crippen LogP contribution in [-0.2, 0) is 0 Å². The van der Waals surface area contributed by atoms with Crippen molar-refractivity contribution in [3.8, 4) is 0 Å². The molecule has 2 N–H and O–H groups in total. The van der Waals surface area contributed by atoms with Crippen LogP contribution in [0.1, 0.15) is 11.4 Å². The number of aliphatic imine (C=N–C) groups is 2. The number of nitrogens with two attached hydrogens (primary N) is 1. The summed E-state index contributed by atoms with van der Waals surface area (Å²) >= 11 is 0. The monoisotopic (exact) mass is 324 g/mol. The van der Waals surface area contributed by atoms with Crippen LogP contribution in [0.3, 0.4) is 0 Å². The summed E-state index contributed by atoms with van der Waals surface area (Å²) < 4.78 is 0. The minimum Gasteiger partial charge on any atom is -0.329 e. The maximum absolute atomic E-state index is 5.68. The van der Waals surface area contributed by atoms with E-state index in [1.165, 1.54) is 0 Å². The van der Waals surface area contributed by atoms with Crippen LogP contribution in [0, 0.1) is 0 Å². The molecule has 0 radical (unpaired) electrons. The number of hydrogen-bond donors (Lipinski definition) is 1. The summed E-state index contributed by atoms with van der Waals surface area (Å²) in [5.41, 5.74) is 7.44. The summed E-state index contributed by atoms with van der Waals surface area (Å²) in [7, 11) is 0. The van der Waals surface area contributed by atoms with Crippen LogP contribution in [0.15, 0.2) is 58.8 Å². The molecule has 0 amide bonds. The third kappa shape index (κ3) is 7.21. The number of hydrogen-bond acceptors (Lipinski definition) is 6. The van der Waals surface area contributed by atoms with Crippen LogP contribution in [0.25, 0.3) is 0 Å². The zero-order valence-corrected chi connectivity index (χ0v) is 13.8. The number of rotatable bonds is 10. The first-order valence-corrected chi connectivity index (χ1v) is 8.12. The fourth-order valence-electron chi connectivity index (χ4n) is 2.14. The lowest BCUT2D eigenvalue weighted by atomic mass is 10.4. The molecule has 2 aromatic rings. The predicted octanol–water partition coefficient (Wildman–Crippen LogP) is 1.28. The molecule has 0 fully saturated rings. The van der Waals surface area contributed by atoms with Gasteiger partial charge in [-0.1, -0.05) is 12.1 Å². The minimum absolute atomic E-state index is 0.633. The van der Waals surface area contributed by atoms with Crippen molar-refractivity contribution in [1.29, 1.82) is 0 Å². The Kier molecular flexibility index (Phi) is 8.32. The van der Waals surface area contributed by atoms with Gasteiger partial charge in [0.15, 0.2) is 0 Å². The molecule has 2 rings (SSSR count). The van der Waals surface area contributed by atoms with Crippen molar-refractivity contribution < 1.29 is 0 Å². The van der Waals surface area contributed by atoms with Crippen molar-refractivity contribution in [3.05, 3.63) is 60.2 Å². The van der Waals surface area contributed by atoms with Crippen molar-refractivity contribution in [1.82, 2.24) is 14.9 Å². The molecule has 6 heteroatoms. The molecule has 0 atom stereocenters. The van der Waals surface area contributed by atoms with Gasteiger partial charge in [0.2, 0.25) is 0 Å². The fraction of sp³-hybridized carbons (Fsp3) is 0.333. The molecule has 6 nitrogen and oxygen atoms in total. The van der Waals surface area contributed by atoms with Crippen LogP contribution < -0.4 is 5.73 Å². The average molecular weight is 324 g/mol. The maximum atomic E-state index is 5.68. The van der Waals surface area contributed by atoms with E-state index in [-0.39, 0.29) is 0 Å². The Morgan fingerprint density at radius 2 is 1.38 bits per heavy atom. The summed E-state index contributed by atoms with van der Waals surface area (Å²) in [5, 5.41) is 0. The van der Waals surface area contributed by atoms with E-state index in [0.717, 1.165) is 44.1 Å². The topological polar surface area (TPSA) is 79.8 Å². The van der Waals surface area contributed by atoms with Gasteiger partial charge in [-0.2, -0.15) is 0 Å². The molecule has 2 aromatic heterocycles. The molecule has 0 aliphatic heterocycles. The molecular formula is C18H24N6. The van der Waals surface area contributed by atoms with Gasteiger partial charge in [-0.3, -0.25) is 24.9 Å². The van der Waals surface area contributed by atoms with Gasteiger partial charge < -0.3 is 5.73 Å². The zero-order valence-electron chi connectivity index (χ0n) is 13.8. The molecule has 2 heterocycles. The van der Waals surface area contributed by atoms with Crippen LogP contribution in [0.2, 0.25) is 0 Å². The van der Waals surface area contributed by atoms with E-state index in [2.05, 4.69) is 24.9 Å². The van der Waals surface area contributed by atoms with Crippen LogP contribution in [0.5, 0.6) is 0 Å². The maximum Gasteiger partial charge on any atom is 0.0807 e. The van der Waals surface area contributed by atoms with Crippen LogP contribution in [0.4, 0.5) is 0 Å². The highest BCUT2D eigenvalue weighted by Crippen LogP contribution is 1.92. The Balaban J connectivity index is 1.71. The van der Waals surface area contributed by atoms with E-state index >= 15 is 0 Å². The summed E-state index contributed by atoms with van der Waals surface area (Å²) in [6.45, 7) is 4.65. The second-order valence-corrected chi connectivity index (χ2v) is 5.21. The highest BCUT2D eigenvalue weighted by molar-refractivity contribution is 5.77. The highest BCUT2D eigenvalue weighted by atomic mass is 15.1. The number of pyridine rings is 2. The second kappa shape index (κ2) is 11.2. The molecule has 0 aliphatic rings. The van der Waals surface area contributed by atoms with E-state index in [0.29, 0.717) is 6.54 Å². The largest absolute Gasteiger partial charge is 0.329 e. The zero-order chi connectivity index (χ0) is 16.9. The molecule has 0 bridgehead atoms. The van der Waals surface area contributed by atoms with Gasteiger partial charge in [-0.15, -0.1) is 0 Å². The van der Waals surface area contributed by atoms with E-state index in [9.17, 15) is 0 Å². The summed E-state index contributed by atoms with van der Waals surface area (Å²) in [6.07, 6.45) is 7.14. The normalized spacial score (nSPS) is 11.8. The molecule has 0 aliphatic carbocycles. The summed E-state index contributed by atoms with van der Waals surface area (Å²) in [4.78, 5) is 19.5. The van der Waals surface area contributed by atoms with Crippen molar-refractivity contribution >= 4 is 12.4 Å². The lowest BCUT2D eigenvalue weighted by molar-refractivity contribution is 0.298. The Labute approximate surface area is 143 Å². The molecule has 0 aromatic carbocycles. The van der Waals surface area contributed by atoms with Gasteiger partial charge in [0, 0.05) is 51.0 Å². The average Bonchev–Trinajstić information content (AvgIpc) is 2.64. The quantitative estimate of drug-likeness (QED) is 0.668. The molecule has 24 heavy (non-hydrogen) atoms. The van der Waals surface area contributed by atoms with Gasteiger partial charge in [-0.25, -0.2) is 0 Å². The third-order valence-electron chi connectivity index (χ3n) is 3.36.